The molecule has 0 saturated heterocycles. The molecule has 0 aromatic carbocycles. The number of carbonyl (C=O) groups excluding carboxylic acids is 1. The number of nitrogens with one attached hydrogen (secondary N) is 1. The number of carboxylic acids is 1. The Bertz CT molecular complexity index is 466. The van der Waals surface area contributed by atoms with E-state index in [4.69, 9.17) is 13.8 Å². The Morgan fingerprint density at radius 1 is 1.17 bits per heavy atom. The summed E-state index contributed by atoms with van der Waals surface area (Å²) >= 11 is -5.28. The van der Waals surface area contributed by atoms with E-state index in [1.807, 2.05) is 13.8 Å². The van der Waals surface area contributed by atoms with E-state index in [1.54, 1.807) is 0 Å². The van der Waals surface area contributed by atoms with Gasteiger partial charge < -0.3 is 24.3 Å². The second-order valence-electron chi connectivity index (χ2n) is 6.10. The highest BCUT2D eigenvalue weighted by molar-refractivity contribution is 7.97. The summed E-state index contributed by atoms with van der Waals surface area (Å²) in [7, 11) is 0. The maximum Gasteiger partial charge on any atom is 0.407 e. The van der Waals surface area contributed by atoms with Crippen molar-refractivity contribution >= 4 is 34.2 Å². The molecule has 136 valence electrons. The molecule has 0 bridgehead atoms. The van der Waals surface area contributed by atoms with Crippen molar-refractivity contribution in [3.8, 4) is 0 Å². The standard InChI is InChI=1S/C12H23NO8S2/c1-7(2)6-21-11(16)13-8(9(14)15)5-12(3,4)10(22(17)18)23(19)20/h7-8,10H,5-6H2,1-4H3,(H,13,16)(H,14,15)(H,17,18)(H,19,20). The molecule has 0 aromatic rings. The summed E-state index contributed by atoms with van der Waals surface area (Å²) in [5.74, 6) is -1.32. The summed E-state index contributed by atoms with van der Waals surface area (Å²) < 4.78 is 44.0. The van der Waals surface area contributed by atoms with Crippen molar-refractivity contribution in [1.29, 1.82) is 0 Å². The van der Waals surface area contributed by atoms with Gasteiger partial charge in [0.1, 0.15) is 6.04 Å². The van der Waals surface area contributed by atoms with Gasteiger partial charge >= 0.3 is 12.1 Å². The first kappa shape index (κ1) is 22.0. The molecule has 9 nitrogen and oxygen atoms in total. The number of carbonyl (C=O) groups is 2. The molecule has 0 saturated carbocycles. The minimum Gasteiger partial charge on any atom is -0.480 e. The van der Waals surface area contributed by atoms with E-state index in [0.717, 1.165) is 0 Å². The van der Waals surface area contributed by atoms with Crippen molar-refractivity contribution in [2.75, 3.05) is 6.61 Å². The van der Waals surface area contributed by atoms with Gasteiger partial charge in [-0.05, 0) is 17.8 Å². The number of hydrogen-bond acceptors (Lipinski definition) is 5. The number of alkyl carbamates (subject to hydrolysis) is 1. The molecule has 3 unspecified atom stereocenters. The van der Waals surface area contributed by atoms with Crippen LogP contribution in [0, 0.1) is 11.3 Å². The third-order valence-electron chi connectivity index (χ3n) is 2.87. The van der Waals surface area contributed by atoms with Crippen LogP contribution >= 0.6 is 0 Å². The number of amides is 1. The molecule has 0 aliphatic heterocycles. The molecule has 0 aromatic heterocycles. The molecular weight excluding hydrogens is 350 g/mol. The Kier molecular flexibility index (Phi) is 8.88. The molecule has 0 rings (SSSR count). The molecule has 0 spiro atoms. The van der Waals surface area contributed by atoms with Gasteiger partial charge in [-0.2, -0.15) is 0 Å². The third-order valence-corrected chi connectivity index (χ3v) is 5.87. The SMILES string of the molecule is CC(C)COC(=O)NC(CC(C)(C)C(S(=O)O)S(=O)O)C(=O)O. The van der Waals surface area contributed by atoms with Crippen LogP contribution in [0.3, 0.4) is 0 Å². The summed E-state index contributed by atoms with van der Waals surface area (Å²) in [6.45, 7) is 6.46. The molecule has 1 amide bonds. The Morgan fingerprint density at radius 3 is 2.00 bits per heavy atom. The van der Waals surface area contributed by atoms with Crippen molar-refractivity contribution in [2.24, 2.45) is 11.3 Å². The first-order chi connectivity index (χ1) is 10.4. The van der Waals surface area contributed by atoms with Gasteiger partial charge in [-0.1, -0.05) is 27.7 Å². The van der Waals surface area contributed by atoms with Gasteiger partial charge in [0.05, 0.1) is 6.61 Å². The van der Waals surface area contributed by atoms with E-state index in [0.29, 0.717) is 0 Å². The first-order valence-electron chi connectivity index (χ1n) is 6.74. The first-order valence-corrected chi connectivity index (χ1v) is 9.08. The lowest BCUT2D eigenvalue weighted by molar-refractivity contribution is -0.140. The lowest BCUT2D eigenvalue weighted by atomic mass is 9.87. The van der Waals surface area contributed by atoms with Gasteiger partial charge in [-0.25, -0.2) is 18.0 Å². The van der Waals surface area contributed by atoms with Gasteiger partial charge in [0.2, 0.25) is 0 Å². The van der Waals surface area contributed by atoms with Crippen molar-refractivity contribution in [2.45, 2.75) is 44.7 Å². The van der Waals surface area contributed by atoms with Crippen LogP contribution in [-0.2, 0) is 31.7 Å². The summed E-state index contributed by atoms with van der Waals surface area (Å²) in [4.78, 5) is 22.8. The molecular formula is C12H23NO8S2. The van der Waals surface area contributed by atoms with E-state index in [2.05, 4.69) is 5.32 Å². The summed E-state index contributed by atoms with van der Waals surface area (Å²) in [5, 5.41) is 11.3. The van der Waals surface area contributed by atoms with E-state index < -0.39 is 50.3 Å². The summed E-state index contributed by atoms with van der Waals surface area (Å²) in [6, 6.07) is -1.43. The Morgan fingerprint density at radius 2 is 1.65 bits per heavy atom. The molecule has 0 fully saturated rings. The predicted molar refractivity (Wildman–Crippen MR) is 84.5 cm³/mol. The Hall–Kier alpha value is -1.04. The fraction of sp³-hybridized carbons (Fsp3) is 0.833. The monoisotopic (exact) mass is 373 g/mol. The number of rotatable bonds is 9. The quantitative estimate of drug-likeness (QED) is 0.437. The number of aliphatic carboxylic acids is 1. The number of carboxylic acid groups (broad SMARTS) is 1. The number of hydrogen-bond donors (Lipinski definition) is 4. The fourth-order valence-electron chi connectivity index (χ4n) is 1.86. The minimum absolute atomic E-state index is 0.0680. The Labute approximate surface area is 139 Å². The van der Waals surface area contributed by atoms with E-state index in [9.17, 15) is 23.1 Å². The highest BCUT2D eigenvalue weighted by atomic mass is 32.3. The molecule has 0 heterocycles. The zero-order valence-electron chi connectivity index (χ0n) is 13.3. The van der Waals surface area contributed by atoms with E-state index in [-0.39, 0.29) is 18.9 Å². The molecule has 11 heteroatoms. The zero-order chi connectivity index (χ0) is 18.4. The smallest absolute Gasteiger partial charge is 0.407 e. The van der Waals surface area contributed by atoms with Crippen LogP contribution in [-0.4, -0.2) is 51.9 Å². The molecule has 3 atom stereocenters. The van der Waals surface area contributed by atoms with Crippen molar-refractivity contribution in [3.05, 3.63) is 0 Å². The normalized spacial score (nSPS) is 17.2. The molecule has 0 radical (unpaired) electrons. The average Bonchev–Trinajstić information content (AvgIpc) is 2.33. The van der Waals surface area contributed by atoms with Crippen LogP contribution in [0.1, 0.15) is 34.1 Å². The largest absolute Gasteiger partial charge is 0.480 e. The van der Waals surface area contributed by atoms with Crippen LogP contribution in [0.5, 0.6) is 0 Å². The van der Waals surface area contributed by atoms with Gasteiger partial charge in [0.25, 0.3) is 0 Å². The lowest BCUT2D eigenvalue weighted by Gasteiger charge is -2.31. The second kappa shape index (κ2) is 9.30. The average molecular weight is 373 g/mol. The van der Waals surface area contributed by atoms with Crippen molar-refractivity contribution < 1.29 is 37.0 Å². The fourth-order valence-corrected chi connectivity index (χ4v) is 3.71. The maximum absolute atomic E-state index is 11.6. The van der Waals surface area contributed by atoms with Crippen LogP contribution in [0.2, 0.25) is 0 Å². The molecule has 0 aliphatic rings. The minimum atomic E-state index is -2.64. The number of ether oxygens (including phenoxy) is 1. The summed E-state index contributed by atoms with van der Waals surface area (Å²) in [6.07, 6.45) is -1.27. The van der Waals surface area contributed by atoms with Crippen molar-refractivity contribution in [1.82, 2.24) is 5.32 Å². The van der Waals surface area contributed by atoms with Gasteiger partial charge in [-0.15, -0.1) is 0 Å². The van der Waals surface area contributed by atoms with Gasteiger partial charge in [0, 0.05) is 0 Å². The summed E-state index contributed by atoms with van der Waals surface area (Å²) in [5.41, 5.74) is -1.31. The topological polar surface area (TPSA) is 150 Å². The van der Waals surface area contributed by atoms with E-state index >= 15 is 0 Å². The van der Waals surface area contributed by atoms with Crippen LogP contribution in [0.25, 0.3) is 0 Å². The van der Waals surface area contributed by atoms with Gasteiger partial charge in [-0.3, -0.25) is 0 Å². The zero-order valence-corrected chi connectivity index (χ0v) is 15.0. The predicted octanol–water partition coefficient (Wildman–Crippen LogP) is 1.01. The molecule has 4 N–H and O–H groups in total. The van der Waals surface area contributed by atoms with E-state index in [1.165, 1.54) is 13.8 Å². The second-order valence-corrected chi connectivity index (χ2v) is 8.45. The van der Waals surface area contributed by atoms with Crippen molar-refractivity contribution in [3.63, 3.8) is 0 Å². The highest BCUT2D eigenvalue weighted by Crippen LogP contribution is 2.32. The van der Waals surface area contributed by atoms with Crippen LogP contribution < -0.4 is 5.32 Å². The molecule has 0 aliphatic carbocycles. The van der Waals surface area contributed by atoms with Gasteiger partial charge in [0.15, 0.2) is 26.7 Å². The van der Waals surface area contributed by atoms with Crippen LogP contribution in [0.4, 0.5) is 4.79 Å². The van der Waals surface area contributed by atoms with Crippen LogP contribution in [0.15, 0.2) is 0 Å². The highest BCUT2D eigenvalue weighted by Gasteiger charge is 2.42. The Balaban J connectivity index is 5.05. The lowest BCUT2D eigenvalue weighted by Crippen LogP contribution is -2.47. The molecule has 23 heavy (non-hydrogen) atoms. The third kappa shape index (κ3) is 7.86. The maximum atomic E-state index is 11.6.